The number of aromatic amines is 1. The van der Waals surface area contributed by atoms with E-state index in [4.69, 9.17) is 23.2 Å². The molecule has 88 valence electrons. The van der Waals surface area contributed by atoms with E-state index in [2.05, 4.69) is 15.5 Å². The molecule has 0 unspecified atom stereocenters. The van der Waals surface area contributed by atoms with Gasteiger partial charge in [-0.05, 0) is 25.1 Å². The zero-order valence-corrected chi connectivity index (χ0v) is 10.4. The quantitative estimate of drug-likeness (QED) is 0.879. The molecule has 0 aliphatic heterocycles. The van der Waals surface area contributed by atoms with Gasteiger partial charge in [0.15, 0.2) is 0 Å². The molecule has 0 bridgehead atoms. The van der Waals surface area contributed by atoms with Crippen molar-refractivity contribution in [2.45, 2.75) is 6.92 Å². The molecule has 6 heteroatoms. The van der Waals surface area contributed by atoms with Gasteiger partial charge in [-0.2, -0.15) is 5.10 Å². The molecule has 0 spiro atoms. The molecule has 0 radical (unpaired) electrons. The number of amides is 1. The second-order valence-corrected chi connectivity index (χ2v) is 4.35. The number of aryl methyl sites for hydroxylation is 1. The third-order valence-electron chi connectivity index (χ3n) is 2.24. The van der Waals surface area contributed by atoms with Crippen LogP contribution in [0.5, 0.6) is 0 Å². The number of hydrogen-bond acceptors (Lipinski definition) is 2. The fourth-order valence-electron chi connectivity index (χ4n) is 1.33. The van der Waals surface area contributed by atoms with E-state index in [-0.39, 0.29) is 5.91 Å². The maximum Gasteiger partial charge on any atom is 0.258 e. The van der Waals surface area contributed by atoms with Gasteiger partial charge in [0.05, 0.1) is 16.8 Å². The number of nitrogens with zero attached hydrogens (tertiary/aromatic N) is 1. The largest absolute Gasteiger partial charge is 0.307 e. The highest BCUT2D eigenvalue weighted by atomic mass is 35.5. The number of halogens is 2. The van der Waals surface area contributed by atoms with Crippen molar-refractivity contribution in [1.29, 1.82) is 0 Å². The summed E-state index contributed by atoms with van der Waals surface area (Å²) in [6.07, 6.45) is 1.62. The highest BCUT2D eigenvalue weighted by Gasteiger charge is 2.12. The lowest BCUT2D eigenvalue weighted by atomic mass is 10.2. The van der Waals surface area contributed by atoms with Crippen LogP contribution in [-0.2, 0) is 0 Å². The van der Waals surface area contributed by atoms with Crippen LogP contribution < -0.4 is 5.32 Å². The molecule has 0 aliphatic rings. The average molecular weight is 270 g/mol. The summed E-state index contributed by atoms with van der Waals surface area (Å²) >= 11 is 11.7. The van der Waals surface area contributed by atoms with Crippen molar-refractivity contribution in [2.75, 3.05) is 5.32 Å². The van der Waals surface area contributed by atoms with Gasteiger partial charge in [-0.1, -0.05) is 23.2 Å². The van der Waals surface area contributed by atoms with Crippen molar-refractivity contribution in [3.8, 4) is 0 Å². The number of benzene rings is 1. The number of nitrogens with one attached hydrogen (secondary N) is 2. The van der Waals surface area contributed by atoms with Gasteiger partial charge in [0, 0.05) is 10.6 Å². The van der Waals surface area contributed by atoms with Crippen LogP contribution in [-0.4, -0.2) is 16.1 Å². The van der Waals surface area contributed by atoms with Crippen molar-refractivity contribution in [2.24, 2.45) is 0 Å². The SMILES string of the molecule is Cc1cn[nH]c1NC(=O)c1cc(Cl)ccc1Cl. The minimum Gasteiger partial charge on any atom is -0.307 e. The first-order chi connectivity index (χ1) is 8.08. The van der Waals surface area contributed by atoms with Crippen LogP contribution in [0.15, 0.2) is 24.4 Å². The van der Waals surface area contributed by atoms with E-state index in [1.165, 1.54) is 6.07 Å². The number of carbonyl (C=O) groups excluding carboxylic acids is 1. The normalized spacial score (nSPS) is 10.3. The van der Waals surface area contributed by atoms with Crippen molar-refractivity contribution in [1.82, 2.24) is 10.2 Å². The minimum atomic E-state index is -0.329. The molecule has 2 rings (SSSR count). The third-order valence-corrected chi connectivity index (χ3v) is 2.81. The van der Waals surface area contributed by atoms with Crippen molar-refractivity contribution in [3.63, 3.8) is 0 Å². The second kappa shape index (κ2) is 4.77. The van der Waals surface area contributed by atoms with Crippen LogP contribution >= 0.6 is 23.2 Å². The van der Waals surface area contributed by atoms with Crippen molar-refractivity contribution >= 4 is 34.9 Å². The van der Waals surface area contributed by atoms with Gasteiger partial charge in [0.25, 0.3) is 5.91 Å². The van der Waals surface area contributed by atoms with E-state index in [9.17, 15) is 4.79 Å². The van der Waals surface area contributed by atoms with Crippen molar-refractivity contribution < 1.29 is 4.79 Å². The molecule has 17 heavy (non-hydrogen) atoms. The van der Waals surface area contributed by atoms with E-state index < -0.39 is 0 Å². The molecule has 0 aliphatic carbocycles. The summed E-state index contributed by atoms with van der Waals surface area (Å²) in [5, 5.41) is 9.98. The lowest BCUT2D eigenvalue weighted by Crippen LogP contribution is -2.13. The van der Waals surface area contributed by atoms with Gasteiger partial charge < -0.3 is 5.32 Å². The smallest absolute Gasteiger partial charge is 0.258 e. The molecule has 2 aromatic rings. The maximum atomic E-state index is 11.9. The van der Waals surface area contributed by atoms with E-state index >= 15 is 0 Å². The van der Waals surface area contributed by atoms with E-state index in [0.29, 0.717) is 21.4 Å². The number of anilines is 1. The molecule has 1 heterocycles. The Balaban J connectivity index is 2.26. The van der Waals surface area contributed by atoms with Crippen molar-refractivity contribution in [3.05, 3.63) is 45.6 Å². The highest BCUT2D eigenvalue weighted by molar-refractivity contribution is 6.36. The van der Waals surface area contributed by atoms with Crippen LogP contribution in [0.25, 0.3) is 0 Å². The molecule has 1 aromatic heterocycles. The Hall–Kier alpha value is -1.52. The molecule has 4 nitrogen and oxygen atoms in total. The Morgan fingerprint density at radius 1 is 1.41 bits per heavy atom. The summed E-state index contributed by atoms with van der Waals surface area (Å²) in [5.74, 6) is 0.218. The highest BCUT2D eigenvalue weighted by Crippen LogP contribution is 2.22. The van der Waals surface area contributed by atoms with Gasteiger partial charge in [0.2, 0.25) is 0 Å². The van der Waals surface area contributed by atoms with Gasteiger partial charge in [0.1, 0.15) is 5.82 Å². The van der Waals surface area contributed by atoms with E-state index in [1.807, 2.05) is 6.92 Å². The lowest BCUT2D eigenvalue weighted by Gasteiger charge is -2.06. The standard InChI is InChI=1S/C11H9Cl2N3O/c1-6-5-14-16-10(6)15-11(17)8-4-7(12)2-3-9(8)13/h2-5H,1H3,(H2,14,15,16,17). The summed E-state index contributed by atoms with van der Waals surface area (Å²) in [6, 6.07) is 4.73. The third kappa shape index (κ3) is 2.60. The maximum absolute atomic E-state index is 11.9. The van der Waals surface area contributed by atoms with Crippen LogP contribution in [0.2, 0.25) is 10.0 Å². The summed E-state index contributed by atoms with van der Waals surface area (Å²) in [5.41, 5.74) is 1.17. The minimum absolute atomic E-state index is 0.327. The lowest BCUT2D eigenvalue weighted by molar-refractivity contribution is 0.102. The fraction of sp³-hybridized carbons (Fsp3) is 0.0909. The predicted octanol–water partition coefficient (Wildman–Crippen LogP) is 3.28. The van der Waals surface area contributed by atoms with Crippen LogP contribution in [0.3, 0.4) is 0 Å². The first kappa shape index (κ1) is 12.0. The van der Waals surface area contributed by atoms with Gasteiger partial charge in [-0.3, -0.25) is 9.89 Å². The van der Waals surface area contributed by atoms with Crippen LogP contribution in [0, 0.1) is 6.92 Å². The fourth-order valence-corrected chi connectivity index (χ4v) is 1.70. The summed E-state index contributed by atoms with van der Waals surface area (Å²) < 4.78 is 0. The predicted molar refractivity (Wildman–Crippen MR) is 67.7 cm³/mol. The molecule has 2 N–H and O–H groups in total. The van der Waals surface area contributed by atoms with Crippen LogP contribution in [0.1, 0.15) is 15.9 Å². The molecule has 0 saturated heterocycles. The van der Waals surface area contributed by atoms with E-state index in [0.717, 1.165) is 5.56 Å². The molecule has 1 amide bonds. The molecular formula is C11H9Cl2N3O. The van der Waals surface area contributed by atoms with Gasteiger partial charge >= 0.3 is 0 Å². The first-order valence-corrected chi connectivity index (χ1v) is 5.60. The first-order valence-electron chi connectivity index (χ1n) is 4.84. The Bertz CT molecular complexity index is 566. The Morgan fingerprint density at radius 3 is 2.82 bits per heavy atom. The Morgan fingerprint density at radius 2 is 2.18 bits per heavy atom. The number of rotatable bonds is 2. The summed E-state index contributed by atoms with van der Waals surface area (Å²) in [6.45, 7) is 1.83. The topological polar surface area (TPSA) is 57.8 Å². The zero-order valence-electron chi connectivity index (χ0n) is 8.92. The summed E-state index contributed by atoms with van der Waals surface area (Å²) in [7, 11) is 0. The number of carbonyl (C=O) groups is 1. The number of H-pyrrole nitrogens is 1. The Labute approximate surface area is 108 Å². The molecule has 0 fully saturated rings. The molecular weight excluding hydrogens is 261 g/mol. The average Bonchev–Trinajstić information content (AvgIpc) is 2.68. The van der Waals surface area contributed by atoms with E-state index in [1.54, 1.807) is 18.3 Å². The second-order valence-electron chi connectivity index (χ2n) is 3.51. The molecule has 1 aromatic carbocycles. The Kier molecular flexibility index (Phi) is 3.36. The zero-order chi connectivity index (χ0) is 12.4. The van der Waals surface area contributed by atoms with Gasteiger partial charge in [-0.15, -0.1) is 0 Å². The summed E-state index contributed by atoms with van der Waals surface area (Å²) in [4.78, 5) is 11.9. The molecule has 0 saturated carbocycles. The van der Waals surface area contributed by atoms with Gasteiger partial charge in [-0.25, -0.2) is 0 Å². The monoisotopic (exact) mass is 269 g/mol. The molecule has 0 atom stereocenters. The van der Waals surface area contributed by atoms with Crippen LogP contribution in [0.4, 0.5) is 5.82 Å². The number of aromatic nitrogens is 2. The number of hydrogen-bond donors (Lipinski definition) is 2.